The van der Waals surface area contributed by atoms with E-state index in [0.29, 0.717) is 11.4 Å². The van der Waals surface area contributed by atoms with E-state index < -0.39 is 0 Å². The fourth-order valence-electron chi connectivity index (χ4n) is 3.98. The fourth-order valence-corrected chi connectivity index (χ4v) is 3.98. The Hall–Kier alpha value is -2.23. The van der Waals surface area contributed by atoms with Crippen molar-refractivity contribution in [2.24, 2.45) is 5.41 Å². The van der Waals surface area contributed by atoms with Gasteiger partial charge in [0.15, 0.2) is 5.82 Å². The van der Waals surface area contributed by atoms with E-state index in [4.69, 9.17) is 0 Å². The lowest BCUT2D eigenvalue weighted by Crippen LogP contribution is -2.46. The van der Waals surface area contributed by atoms with Gasteiger partial charge in [-0.3, -0.25) is 4.79 Å². The molecule has 0 N–H and O–H groups in total. The Labute approximate surface area is 170 Å². The van der Waals surface area contributed by atoms with Crippen LogP contribution in [-0.2, 0) is 0 Å². The van der Waals surface area contributed by atoms with Crippen molar-refractivity contribution >= 4 is 5.91 Å². The van der Waals surface area contributed by atoms with E-state index in [9.17, 15) is 4.79 Å². The van der Waals surface area contributed by atoms with E-state index in [-0.39, 0.29) is 17.4 Å². The number of hydrogen-bond donors (Lipinski definition) is 0. The predicted molar refractivity (Wildman–Crippen MR) is 116 cm³/mol. The van der Waals surface area contributed by atoms with Gasteiger partial charge in [0, 0.05) is 31.0 Å². The number of amides is 1. The molecule has 28 heavy (non-hydrogen) atoms. The van der Waals surface area contributed by atoms with Crippen LogP contribution >= 0.6 is 0 Å². The van der Waals surface area contributed by atoms with Gasteiger partial charge in [-0.15, -0.1) is 0 Å². The van der Waals surface area contributed by atoms with Crippen molar-refractivity contribution in [2.45, 2.75) is 72.8 Å². The molecule has 0 spiro atoms. The Kier molecular flexibility index (Phi) is 7.73. The lowest BCUT2D eigenvalue weighted by atomic mass is 9.77. The highest BCUT2D eigenvalue weighted by molar-refractivity contribution is 6.00. The average molecular weight is 382 g/mol. The van der Waals surface area contributed by atoms with Crippen molar-refractivity contribution < 1.29 is 4.79 Å². The molecule has 0 radical (unpaired) electrons. The van der Waals surface area contributed by atoms with E-state index in [2.05, 4.69) is 37.7 Å². The highest BCUT2D eigenvalue weighted by Crippen LogP contribution is 2.35. The van der Waals surface area contributed by atoms with E-state index in [1.54, 1.807) is 18.5 Å². The summed E-state index contributed by atoms with van der Waals surface area (Å²) in [5, 5.41) is 0. The third-order valence-electron chi connectivity index (χ3n) is 5.64. The molecule has 0 aliphatic heterocycles. The van der Waals surface area contributed by atoms with Crippen LogP contribution < -0.4 is 0 Å². The second-order valence-corrected chi connectivity index (χ2v) is 8.43. The largest absolute Gasteiger partial charge is 0.338 e. The molecule has 1 unspecified atom stereocenters. The number of aromatic nitrogens is 2. The summed E-state index contributed by atoms with van der Waals surface area (Å²) in [5.74, 6) is 0.644. The van der Waals surface area contributed by atoms with Crippen LogP contribution in [0, 0.1) is 12.3 Å². The van der Waals surface area contributed by atoms with Crippen molar-refractivity contribution in [3.05, 3.63) is 47.8 Å². The first-order valence-corrected chi connectivity index (χ1v) is 10.5. The zero-order valence-electron chi connectivity index (χ0n) is 18.3. The highest BCUT2D eigenvalue weighted by atomic mass is 16.2. The summed E-state index contributed by atoms with van der Waals surface area (Å²) in [6, 6.07) is 7.92. The van der Waals surface area contributed by atoms with Crippen LogP contribution in [0.5, 0.6) is 0 Å². The summed E-state index contributed by atoms with van der Waals surface area (Å²) in [4.78, 5) is 24.3. The van der Waals surface area contributed by atoms with Crippen LogP contribution in [0.3, 0.4) is 0 Å². The molecule has 4 nitrogen and oxygen atoms in total. The number of rotatable bonds is 9. The molecule has 0 aliphatic carbocycles. The minimum Gasteiger partial charge on any atom is -0.338 e. The molecule has 2 rings (SSSR count). The maximum Gasteiger partial charge on any atom is 0.254 e. The van der Waals surface area contributed by atoms with Gasteiger partial charge in [0.2, 0.25) is 0 Å². The number of unbranched alkanes of at least 4 members (excludes halogenated alkanes) is 1. The average Bonchev–Trinajstić information content (AvgIpc) is 2.70. The number of carbonyl (C=O) groups excluding carboxylic acids is 1. The Morgan fingerprint density at radius 2 is 1.82 bits per heavy atom. The normalized spacial score (nSPS) is 12.6. The van der Waals surface area contributed by atoms with E-state index in [1.165, 1.54) is 12.8 Å². The van der Waals surface area contributed by atoms with Gasteiger partial charge >= 0.3 is 0 Å². The molecular formula is C24H35N3O. The van der Waals surface area contributed by atoms with Crippen LogP contribution in [0.15, 0.2) is 36.7 Å². The Morgan fingerprint density at radius 3 is 2.43 bits per heavy atom. The van der Waals surface area contributed by atoms with Gasteiger partial charge in [-0.05, 0) is 37.3 Å². The summed E-state index contributed by atoms with van der Waals surface area (Å²) >= 11 is 0. The second-order valence-electron chi connectivity index (χ2n) is 8.43. The molecule has 2 aromatic rings. The highest BCUT2D eigenvalue weighted by Gasteiger charge is 2.34. The van der Waals surface area contributed by atoms with Crippen molar-refractivity contribution in [1.82, 2.24) is 14.9 Å². The lowest BCUT2D eigenvalue weighted by Gasteiger charge is -2.41. The third-order valence-corrected chi connectivity index (χ3v) is 5.64. The standard InChI is InChI=1S/C24H35N3O/c1-7-9-14-24(4,5)21(11-8-2)27(6)23(28)20-17-18(3)12-13-19(20)22-25-15-10-16-26-22/h10,12-13,15-17,21H,7-9,11,14H2,1-6H3. The first kappa shape index (κ1) is 22.1. The zero-order chi connectivity index (χ0) is 20.7. The number of benzene rings is 1. The molecule has 152 valence electrons. The first-order chi connectivity index (χ1) is 13.3. The van der Waals surface area contributed by atoms with Crippen LogP contribution in [0.1, 0.15) is 75.7 Å². The number of hydrogen-bond acceptors (Lipinski definition) is 3. The van der Waals surface area contributed by atoms with Crippen LogP contribution in [0.25, 0.3) is 11.4 Å². The quantitative estimate of drug-likeness (QED) is 0.542. The van der Waals surface area contributed by atoms with Crippen LogP contribution in [-0.4, -0.2) is 33.9 Å². The van der Waals surface area contributed by atoms with Crippen LogP contribution in [0.2, 0.25) is 0 Å². The number of carbonyl (C=O) groups is 1. The van der Waals surface area contributed by atoms with E-state index >= 15 is 0 Å². The lowest BCUT2D eigenvalue weighted by molar-refractivity contribution is 0.0523. The van der Waals surface area contributed by atoms with Crippen molar-refractivity contribution in [3.8, 4) is 11.4 Å². The molecule has 0 bridgehead atoms. The number of nitrogens with zero attached hydrogens (tertiary/aromatic N) is 3. The molecule has 0 saturated heterocycles. The van der Waals surface area contributed by atoms with Crippen molar-refractivity contribution in [3.63, 3.8) is 0 Å². The molecule has 0 saturated carbocycles. The zero-order valence-corrected chi connectivity index (χ0v) is 18.3. The maximum atomic E-state index is 13.6. The minimum atomic E-state index is 0.0502. The SMILES string of the molecule is CCCCC(C)(C)C(CCC)N(C)C(=O)c1cc(C)ccc1-c1ncccn1. The van der Waals surface area contributed by atoms with Gasteiger partial charge in [-0.2, -0.15) is 0 Å². The molecule has 1 amide bonds. The van der Waals surface area contributed by atoms with Gasteiger partial charge < -0.3 is 4.90 Å². The molecule has 1 atom stereocenters. The summed E-state index contributed by atoms with van der Waals surface area (Å²) in [5.41, 5.74) is 2.61. The Balaban J connectivity index is 2.41. The Morgan fingerprint density at radius 1 is 1.14 bits per heavy atom. The van der Waals surface area contributed by atoms with Crippen molar-refractivity contribution in [1.29, 1.82) is 0 Å². The monoisotopic (exact) mass is 381 g/mol. The van der Waals surface area contributed by atoms with Gasteiger partial charge in [0.25, 0.3) is 5.91 Å². The summed E-state index contributed by atoms with van der Waals surface area (Å²) in [6.07, 6.45) is 8.97. The molecule has 0 fully saturated rings. The molecule has 1 aromatic heterocycles. The third kappa shape index (κ3) is 5.18. The number of aryl methyl sites for hydroxylation is 1. The summed E-state index contributed by atoms with van der Waals surface area (Å²) < 4.78 is 0. The van der Waals surface area contributed by atoms with Gasteiger partial charge in [-0.25, -0.2) is 9.97 Å². The second kappa shape index (κ2) is 9.81. The van der Waals surface area contributed by atoms with E-state index in [1.807, 2.05) is 37.1 Å². The predicted octanol–water partition coefficient (Wildman–Crippen LogP) is 5.91. The minimum absolute atomic E-state index is 0.0502. The molecule has 1 aromatic carbocycles. The first-order valence-electron chi connectivity index (χ1n) is 10.5. The fraction of sp³-hybridized carbons (Fsp3) is 0.542. The molecular weight excluding hydrogens is 346 g/mol. The van der Waals surface area contributed by atoms with Crippen molar-refractivity contribution in [2.75, 3.05) is 7.05 Å². The van der Waals surface area contributed by atoms with Gasteiger partial charge in [-0.1, -0.05) is 64.7 Å². The van der Waals surface area contributed by atoms with E-state index in [0.717, 1.165) is 30.4 Å². The summed E-state index contributed by atoms with van der Waals surface area (Å²) in [6.45, 7) is 11.0. The van der Waals surface area contributed by atoms with Crippen LogP contribution in [0.4, 0.5) is 0 Å². The smallest absolute Gasteiger partial charge is 0.254 e. The topological polar surface area (TPSA) is 46.1 Å². The Bertz CT molecular complexity index is 771. The summed E-state index contributed by atoms with van der Waals surface area (Å²) in [7, 11) is 1.95. The molecule has 4 heteroatoms. The molecule has 1 heterocycles. The molecule has 0 aliphatic rings. The van der Waals surface area contributed by atoms with Gasteiger partial charge in [0.1, 0.15) is 0 Å². The maximum absolute atomic E-state index is 13.6. The van der Waals surface area contributed by atoms with Gasteiger partial charge in [0.05, 0.1) is 5.56 Å².